The third kappa shape index (κ3) is 3.12. The van der Waals surface area contributed by atoms with Gasteiger partial charge in [0.2, 0.25) is 0 Å². The molecule has 0 aliphatic heterocycles. The molecule has 2 aromatic carbocycles. The predicted octanol–water partition coefficient (Wildman–Crippen LogP) is 5.57. The Balaban J connectivity index is 1.86. The maximum absolute atomic E-state index is 13.7. The van der Waals surface area contributed by atoms with Gasteiger partial charge in [-0.25, -0.2) is 13.8 Å². The van der Waals surface area contributed by atoms with Gasteiger partial charge in [-0.15, -0.1) is 11.3 Å². The summed E-state index contributed by atoms with van der Waals surface area (Å²) >= 11 is 1.35. The van der Waals surface area contributed by atoms with Crippen molar-refractivity contribution < 1.29 is 8.78 Å². The topological polar surface area (TPSA) is 12.9 Å². The molecule has 1 heterocycles. The lowest BCUT2D eigenvalue weighted by molar-refractivity contribution is 0.589. The van der Waals surface area contributed by atoms with E-state index in [2.05, 4.69) is 4.98 Å². The summed E-state index contributed by atoms with van der Waals surface area (Å²) in [6.45, 7) is 2.03. The molecule has 0 fully saturated rings. The molecular weight excluding hydrogens is 300 g/mol. The quantitative estimate of drug-likeness (QED) is 0.616. The van der Waals surface area contributed by atoms with Crippen molar-refractivity contribution in [2.75, 3.05) is 0 Å². The Bertz CT molecular complexity index is 799. The summed E-state index contributed by atoms with van der Waals surface area (Å²) in [6.07, 6.45) is 3.78. The van der Waals surface area contributed by atoms with Crippen molar-refractivity contribution in [2.24, 2.45) is 0 Å². The smallest absolute Gasteiger partial charge is 0.135 e. The molecule has 0 spiro atoms. The normalized spacial score (nSPS) is 11.2. The van der Waals surface area contributed by atoms with Crippen LogP contribution in [0.2, 0.25) is 0 Å². The highest BCUT2D eigenvalue weighted by molar-refractivity contribution is 7.10. The summed E-state index contributed by atoms with van der Waals surface area (Å²) < 4.78 is 27.5. The standard InChI is InChI=1S/C18H13F2NS/c1-12-5-7-13(8-6-12)9-10-17-21-16(11-22-17)18-14(19)3-2-4-15(18)20/h2-11H,1H3/b10-9+. The Morgan fingerprint density at radius 2 is 1.64 bits per heavy atom. The van der Waals surface area contributed by atoms with Crippen LogP contribution in [0.25, 0.3) is 23.4 Å². The fraction of sp³-hybridized carbons (Fsp3) is 0.0556. The van der Waals surface area contributed by atoms with Crippen molar-refractivity contribution in [3.8, 4) is 11.3 Å². The van der Waals surface area contributed by atoms with Gasteiger partial charge < -0.3 is 0 Å². The summed E-state index contributed by atoms with van der Waals surface area (Å²) in [5, 5.41) is 2.37. The molecule has 3 rings (SSSR count). The van der Waals surface area contributed by atoms with E-state index < -0.39 is 11.6 Å². The first-order chi connectivity index (χ1) is 10.6. The second-order valence-electron chi connectivity index (χ2n) is 4.91. The van der Waals surface area contributed by atoms with Gasteiger partial charge in [0.15, 0.2) is 0 Å². The zero-order chi connectivity index (χ0) is 15.5. The highest BCUT2D eigenvalue weighted by atomic mass is 32.1. The molecule has 0 radical (unpaired) electrons. The van der Waals surface area contributed by atoms with Crippen LogP contribution in [0.5, 0.6) is 0 Å². The number of hydrogen-bond acceptors (Lipinski definition) is 2. The van der Waals surface area contributed by atoms with E-state index in [-0.39, 0.29) is 5.56 Å². The Kier molecular flexibility index (Phi) is 4.11. The average molecular weight is 313 g/mol. The summed E-state index contributed by atoms with van der Waals surface area (Å²) in [6, 6.07) is 11.9. The summed E-state index contributed by atoms with van der Waals surface area (Å²) in [4.78, 5) is 4.29. The molecule has 0 aliphatic rings. The molecule has 1 nitrogen and oxygen atoms in total. The summed E-state index contributed by atoms with van der Waals surface area (Å²) in [7, 11) is 0. The zero-order valence-corrected chi connectivity index (χ0v) is 12.7. The summed E-state index contributed by atoms with van der Waals surface area (Å²) in [5.74, 6) is -1.20. The van der Waals surface area contributed by atoms with Gasteiger partial charge in [-0.3, -0.25) is 0 Å². The van der Waals surface area contributed by atoms with Gasteiger partial charge in [0.1, 0.15) is 16.6 Å². The number of nitrogens with zero attached hydrogens (tertiary/aromatic N) is 1. The highest BCUT2D eigenvalue weighted by Crippen LogP contribution is 2.27. The number of thiazole rings is 1. The Morgan fingerprint density at radius 1 is 0.955 bits per heavy atom. The molecule has 0 atom stereocenters. The van der Waals surface area contributed by atoms with Crippen LogP contribution in [0.4, 0.5) is 8.78 Å². The Labute approximate surface area is 131 Å². The van der Waals surface area contributed by atoms with E-state index in [1.54, 1.807) is 5.38 Å². The molecule has 0 saturated carbocycles. The van der Waals surface area contributed by atoms with Crippen LogP contribution in [-0.2, 0) is 0 Å². The van der Waals surface area contributed by atoms with E-state index in [9.17, 15) is 8.78 Å². The van der Waals surface area contributed by atoms with Gasteiger partial charge >= 0.3 is 0 Å². The van der Waals surface area contributed by atoms with Gasteiger partial charge in [-0.1, -0.05) is 42.0 Å². The lowest BCUT2D eigenvalue weighted by atomic mass is 10.1. The predicted molar refractivity (Wildman–Crippen MR) is 87.6 cm³/mol. The van der Waals surface area contributed by atoms with Gasteiger partial charge in [0, 0.05) is 5.38 Å². The van der Waals surface area contributed by atoms with Crippen LogP contribution in [0, 0.1) is 18.6 Å². The van der Waals surface area contributed by atoms with Gasteiger partial charge in [-0.05, 0) is 30.7 Å². The van der Waals surface area contributed by atoms with Crippen LogP contribution in [0.15, 0.2) is 47.8 Å². The van der Waals surface area contributed by atoms with Crippen LogP contribution in [0.3, 0.4) is 0 Å². The molecular formula is C18H13F2NS. The minimum absolute atomic E-state index is 0.0752. The number of aromatic nitrogens is 1. The van der Waals surface area contributed by atoms with E-state index in [0.29, 0.717) is 10.7 Å². The van der Waals surface area contributed by atoms with E-state index in [1.165, 1.54) is 35.1 Å². The third-order valence-corrected chi connectivity index (χ3v) is 4.05. The molecule has 3 aromatic rings. The number of halogens is 2. The maximum atomic E-state index is 13.7. The lowest BCUT2D eigenvalue weighted by Gasteiger charge is -2.00. The van der Waals surface area contributed by atoms with Gasteiger partial charge in [-0.2, -0.15) is 0 Å². The minimum Gasteiger partial charge on any atom is -0.236 e. The maximum Gasteiger partial charge on any atom is 0.135 e. The SMILES string of the molecule is Cc1ccc(/C=C/c2nc(-c3c(F)cccc3F)cs2)cc1. The Hall–Kier alpha value is -2.33. The van der Waals surface area contributed by atoms with Crippen LogP contribution in [0.1, 0.15) is 16.1 Å². The monoisotopic (exact) mass is 313 g/mol. The van der Waals surface area contributed by atoms with Crippen molar-refractivity contribution in [2.45, 2.75) is 6.92 Å². The number of aryl methyl sites for hydroxylation is 1. The number of rotatable bonds is 3. The average Bonchev–Trinajstić information content (AvgIpc) is 2.95. The van der Waals surface area contributed by atoms with Gasteiger partial charge in [0.05, 0.1) is 11.3 Å². The molecule has 0 saturated heterocycles. The molecule has 0 amide bonds. The third-order valence-electron chi connectivity index (χ3n) is 3.24. The molecule has 1 aromatic heterocycles. The van der Waals surface area contributed by atoms with Crippen molar-refractivity contribution in [3.63, 3.8) is 0 Å². The number of benzene rings is 2. The fourth-order valence-electron chi connectivity index (χ4n) is 2.07. The molecule has 4 heteroatoms. The van der Waals surface area contributed by atoms with Crippen LogP contribution in [-0.4, -0.2) is 4.98 Å². The van der Waals surface area contributed by atoms with Crippen molar-refractivity contribution in [1.82, 2.24) is 4.98 Å². The van der Waals surface area contributed by atoms with Crippen molar-refractivity contribution in [1.29, 1.82) is 0 Å². The lowest BCUT2D eigenvalue weighted by Crippen LogP contribution is -1.89. The molecule has 0 unspecified atom stereocenters. The molecule has 22 heavy (non-hydrogen) atoms. The van der Waals surface area contributed by atoms with E-state index in [4.69, 9.17) is 0 Å². The van der Waals surface area contributed by atoms with E-state index in [1.807, 2.05) is 43.3 Å². The second-order valence-corrected chi connectivity index (χ2v) is 5.80. The van der Waals surface area contributed by atoms with E-state index >= 15 is 0 Å². The first-order valence-corrected chi connectivity index (χ1v) is 7.66. The summed E-state index contributed by atoms with van der Waals surface area (Å²) in [5.41, 5.74) is 2.50. The second kappa shape index (κ2) is 6.20. The molecule has 0 N–H and O–H groups in total. The molecule has 110 valence electrons. The number of hydrogen-bond donors (Lipinski definition) is 0. The van der Waals surface area contributed by atoms with Crippen LogP contribution >= 0.6 is 11.3 Å². The van der Waals surface area contributed by atoms with E-state index in [0.717, 1.165) is 5.56 Å². The largest absolute Gasteiger partial charge is 0.236 e. The Morgan fingerprint density at radius 3 is 2.32 bits per heavy atom. The van der Waals surface area contributed by atoms with Crippen molar-refractivity contribution >= 4 is 23.5 Å². The van der Waals surface area contributed by atoms with Crippen molar-refractivity contribution in [3.05, 3.63) is 75.6 Å². The van der Waals surface area contributed by atoms with Crippen LogP contribution < -0.4 is 0 Å². The molecule has 0 bridgehead atoms. The fourth-order valence-corrected chi connectivity index (χ4v) is 2.77. The first-order valence-electron chi connectivity index (χ1n) is 6.78. The minimum atomic E-state index is -0.598. The highest BCUT2D eigenvalue weighted by Gasteiger charge is 2.13. The first kappa shape index (κ1) is 14.6. The zero-order valence-electron chi connectivity index (χ0n) is 11.9. The van der Waals surface area contributed by atoms with Gasteiger partial charge in [0.25, 0.3) is 0 Å². The molecule has 0 aliphatic carbocycles.